The second kappa shape index (κ2) is 11.7. The normalized spacial score (nSPS) is 11.1. The molecular formula is C31H28N2O3. The molecule has 4 rings (SSSR count). The monoisotopic (exact) mass is 476 g/mol. The lowest BCUT2D eigenvalue weighted by Crippen LogP contribution is -2.13. The van der Waals surface area contributed by atoms with E-state index >= 15 is 0 Å². The van der Waals surface area contributed by atoms with Crippen LogP contribution >= 0.6 is 0 Å². The van der Waals surface area contributed by atoms with Gasteiger partial charge in [-0.05, 0) is 77.2 Å². The Balaban J connectivity index is 1.49. The number of amides is 1. The maximum absolute atomic E-state index is 12.7. The van der Waals surface area contributed by atoms with E-state index in [2.05, 4.69) is 36.5 Å². The molecule has 4 aromatic rings. The molecule has 0 saturated carbocycles. The van der Waals surface area contributed by atoms with E-state index in [1.807, 2.05) is 55.5 Å². The topological polar surface area (TPSA) is 71.3 Å². The maximum Gasteiger partial charge on any atom is 0.266 e. The van der Waals surface area contributed by atoms with Gasteiger partial charge in [-0.2, -0.15) is 5.26 Å². The molecule has 1 amide bonds. The van der Waals surface area contributed by atoms with Gasteiger partial charge in [-0.25, -0.2) is 0 Å². The molecule has 0 aliphatic carbocycles. The molecular weight excluding hydrogens is 448 g/mol. The van der Waals surface area contributed by atoms with Gasteiger partial charge >= 0.3 is 0 Å². The average Bonchev–Trinajstić information content (AvgIpc) is 2.91. The van der Waals surface area contributed by atoms with Crippen molar-refractivity contribution in [2.75, 3.05) is 11.9 Å². The number of carbonyl (C=O) groups excluding carboxylic acids is 1. The van der Waals surface area contributed by atoms with Crippen molar-refractivity contribution in [2.24, 2.45) is 0 Å². The van der Waals surface area contributed by atoms with E-state index in [1.54, 1.807) is 24.3 Å². The number of ether oxygens (including phenoxy) is 2. The summed E-state index contributed by atoms with van der Waals surface area (Å²) >= 11 is 0. The maximum atomic E-state index is 12.7. The minimum Gasteiger partial charge on any atom is -0.490 e. The zero-order chi connectivity index (χ0) is 25.3. The van der Waals surface area contributed by atoms with E-state index < -0.39 is 5.91 Å². The minimum atomic E-state index is -0.462. The summed E-state index contributed by atoms with van der Waals surface area (Å²) in [5, 5.41) is 14.7. The third-order valence-corrected chi connectivity index (χ3v) is 5.77. The molecule has 0 heterocycles. The Hall–Kier alpha value is -4.56. The first-order valence-electron chi connectivity index (χ1n) is 12.0. The third kappa shape index (κ3) is 6.11. The Labute approximate surface area is 211 Å². The van der Waals surface area contributed by atoms with Crippen LogP contribution in [0.3, 0.4) is 0 Å². The first-order valence-corrected chi connectivity index (χ1v) is 12.0. The van der Waals surface area contributed by atoms with Crippen LogP contribution in [0.5, 0.6) is 11.5 Å². The SMILES string of the molecule is CCOc1cc(/C=C(\C#N)C(=O)Nc2ccc(CC)cc2)ccc1OCc1ccc2ccccc2c1. The molecule has 0 radical (unpaired) electrons. The van der Waals surface area contributed by atoms with Gasteiger partial charge in [0.25, 0.3) is 5.91 Å². The van der Waals surface area contributed by atoms with E-state index in [0.717, 1.165) is 17.4 Å². The number of nitrogens with zero attached hydrogens (tertiary/aromatic N) is 1. The number of hydrogen-bond acceptors (Lipinski definition) is 4. The van der Waals surface area contributed by atoms with Gasteiger partial charge in [-0.3, -0.25) is 4.79 Å². The predicted octanol–water partition coefficient (Wildman–Crippen LogP) is 6.93. The van der Waals surface area contributed by atoms with Gasteiger partial charge in [0.1, 0.15) is 18.2 Å². The Morgan fingerprint density at radius 1 is 0.861 bits per heavy atom. The molecule has 5 heteroatoms. The third-order valence-electron chi connectivity index (χ3n) is 5.77. The Morgan fingerprint density at radius 3 is 2.33 bits per heavy atom. The highest BCUT2D eigenvalue weighted by Crippen LogP contribution is 2.30. The van der Waals surface area contributed by atoms with Gasteiger partial charge in [-0.15, -0.1) is 0 Å². The van der Waals surface area contributed by atoms with Crippen molar-refractivity contribution < 1.29 is 14.3 Å². The highest BCUT2D eigenvalue weighted by atomic mass is 16.5. The van der Waals surface area contributed by atoms with Crippen LogP contribution in [0.15, 0.2) is 90.5 Å². The molecule has 0 aromatic heterocycles. The van der Waals surface area contributed by atoms with Gasteiger partial charge in [0.05, 0.1) is 6.61 Å². The van der Waals surface area contributed by atoms with Crippen molar-refractivity contribution >= 4 is 28.4 Å². The van der Waals surface area contributed by atoms with Crippen LogP contribution in [0.25, 0.3) is 16.8 Å². The molecule has 0 aliphatic rings. The quantitative estimate of drug-likeness (QED) is 0.210. The van der Waals surface area contributed by atoms with Crippen molar-refractivity contribution in [1.29, 1.82) is 5.26 Å². The van der Waals surface area contributed by atoms with E-state index in [0.29, 0.717) is 36.0 Å². The number of fused-ring (bicyclic) bond motifs is 1. The van der Waals surface area contributed by atoms with Crippen LogP contribution in [0.4, 0.5) is 5.69 Å². The summed E-state index contributed by atoms with van der Waals surface area (Å²) in [5.74, 6) is 0.692. The summed E-state index contributed by atoms with van der Waals surface area (Å²) < 4.78 is 11.9. The molecule has 4 aromatic carbocycles. The predicted molar refractivity (Wildman–Crippen MR) is 144 cm³/mol. The molecule has 0 saturated heterocycles. The second-order valence-electron chi connectivity index (χ2n) is 8.28. The molecule has 1 N–H and O–H groups in total. The summed E-state index contributed by atoms with van der Waals surface area (Å²) in [6.45, 7) is 4.82. The molecule has 5 nitrogen and oxygen atoms in total. The van der Waals surface area contributed by atoms with Crippen LogP contribution in [-0.4, -0.2) is 12.5 Å². The van der Waals surface area contributed by atoms with Crippen molar-refractivity contribution in [3.63, 3.8) is 0 Å². The van der Waals surface area contributed by atoms with E-state index in [1.165, 1.54) is 10.9 Å². The van der Waals surface area contributed by atoms with Crippen LogP contribution in [0.2, 0.25) is 0 Å². The first kappa shape index (κ1) is 24.6. The molecule has 36 heavy (non-hydrogen) atoms. The summed E-state index contributed by atoms with van der Waals surface area (Å²) in [5.41, 5.74) is 3.54. The van der Waals surface area contributed by atoms with Crippen LogP contribution in [0, 0.1) is 11.3 Å². The average molecular weight is 477 g/mol. The molecule has 0 atom stereocenters. The highest BCUT2D eigenvalue weighted by Gasteiger charge is 2.12. The lowest BCUT2D eigenvalue weighted by molar-refractivity contribution is -0.112. The second-order valence-corrected chi connectivity index (χ2v) is 8.28. The Kier molecular flexibility index (Phi) is 8.00. The Morgan fingerprint density at radius 2 is 1.61 bits per heavy atom. The summed E-state index contributed by atoms with van der Waals surface area (Å²) in [6.07, 6.45) is 2.47. The Bertz CT molecular complexity index is 1430. The van der Waals surface area contributed by atoms with E-state index in [4.69, 9.17) is 9.47 Å². The fraction of sp³-hybridized carbons (Fsp3) is 0.161. The standard InChI is InChI=1S/C31H28N2O3/c1-3-22-10-14-28(15-11-22)33-31(34)27(20-32)17-23-12-16-29(30(19-23)35-4-2)36-21-24-9-13-25-7-5-6-8-26(25)18-24/h5-19H,3-4,21H2,1-2H3,(H,33,34)/b27-17+. The van der Waals surface area contributed by atoms with Crippen LogP contribution < -0.4 is 14.8 Å². The molecule has 0 bridgehead atoms. The zero-order valence-electron chi connectivity index (χ0n) is 20.5. The van der Waals surface area contributed by atoms with Gasteiger partial charge in [-0.1, -0.05) is 61.5 Å². The number of nitriles is 1. The van der Waals surface area contributed by atoms with Gasteiger partial charge < -0.3 is 14.8 Å². The number of aryl methyl sites for hydroxylation is 1. The zero-order valence-corrected chi connectivity index (χ0v) is 20.5. The molecule has 0 unspecified atom stereocenters. The van der Waals surface area contributed by atoms with Crippen LogP contribution in [-0.2, 0) is 17.8 Å². The van der Waals surface area contributed by atoms with Crippen LogP contribution in [0.1, 0.15) is 30.5 Å². The number of rotatable bonds is 9. The number of nitrogens with one attached hydrogen (secondary N) is 1. The van der Waals surface area contributed by atoms with Crippen molar-refractivity contribution in [2.45, 2.75) is 26.9 Å². The fourth-order valence-electron chi connectivity index (χ4n) is 3.83. The van der Waals surface area contributed by atoms with Gasteiger partial charge in [0.15, 0.2) is 11.5 Å². The van der Waals surface area contributed by atoms with Crippen molar-refractivity contribution in [3.8, 4) is 17.6 Å². The highest BCUT2D eigenvalue weighted by molar-refractivity contribution is 6.09. The smallest absolute Gasteiger partial charge is 0.266 e. The van der Waals surface area contributed by atoms with E-state index in [9.17, 15) is 10.1 Å². The molecule has 0 aliphatic heterocycles. The summed E-state index contributed by atoms with van der Waals surface area (Å²) in [7, 11) is 0. The van der Waals surface area contributed by atoms with E-state index in [-0.39, 0.29) is 5.57 Å². The summed E-state index contributed by atoms with van der Waals surface area (Å²) in [6, 6.07) is 29.4. The molecule has 0 fully saturated rings. The largest absolute Gasteiger partial charge is 0.490 e. The number of anilines is 1. The minimum absolute atomic E-state index is 0.00171. The van der Waals surface area contributed by atoms with Crippen molar-refractivity contribution in [3.05, 3.63) is 107 Å². The molecule has 0 spiro atoms. The lowest BCUT2D eigenvalue weighted by atomic mass is 10.1. The van der Waals surface area contributed by atoms with Crippen molar-refractivity contribution in [1.82, 2.24) is 0 Å². The number of benzene rings is 4. The fourth-order valence-corrected chi connectivity index (χ4v) is 3.83. The first-order chi connectivity index (χ1) is 17.6. The number of carbonyl (C=O) groups is 1. The molecule has 180 valence electrons. The van der Waals surface area contributed by atoms with Gasteiger partial charge in [0.2, 0.25) is 0 Å². The lowest BCUT2D eigenvalue weighted by Gasteiger charge is -2.13. The van der Waals surface area contributed by atoms with Gasteiger partial charge in [0, 0.05) is 5.69 Å². The number of hydrogen-bond donors (Lipinski definition) is 1. The summed E-state index contributed by atoms with van der Waals surface area (Å²) in [4.78, 5) is 12.7.